The Kier molecular flexibility index (Phi) is 6.93. The third kappa shape index (κ3) is 5.26. The van der Waals surface area contributed by atoms with Gasteiger partial charge in [0, 0.05) is 11.3 Å². The van der Waals surface area contributed by atoms with Crippen LogP contribution < -0.4 is 10.9 Å². The van der Waals surface area contributed by atoms with Gasteiger partial charge in [-0.1, -0.05) is 23.9 Å². The van der Waals surface area contributed by atoms with Gasteiger partial charge in [-0.15, -0.1) is 10.2 Å². The minimum atomic E-state index is -0.801. The number of benzene rings is 3. The molecule has 0 radical (unpaired) electrons. The molecular weight excluding hydrogens is 467 g/mol. The molecule has 0 saturated heterocycles. The van der Waals surface area contributed by atoms with Crippen LogP contribution in [0.5, 0.6) is 0 Å². The molecule has 172 valence electrons. The highest BCUT2D eigenvalue weighted by Gasteiger charge is 2.18. The fourth-order valence-corrected chi connectivity index (χ4v) is 3.73. The van der Waals surface area contributed by atoms with E-state index in [4.69, 9.17) is 0 Å². The van der Waals surface area contributed by atoms with E-state index in [0.717, 1.165) is 17.8 Å². The van der Waals surface area contributed by atoms with Gasteiger partial charge in [-0.3, -0.25) is 25.0 Å². The first kappa shape index (κ1) is 23.1. The molecule has 0 aliphatic carbocycles. The lowest BCUT2D eigenvalue weighted by Crippen LogP contribution is -2.42. The van der Waals surface area contributed by atoms with Crippen LogP contribution in [-0.4, -0.2) is 32.3 Å². The van der Waals surface area contributed by atoms with Crippen molar-refractivity contribution in [1.29, 1.82) is 0 Å². The number of halogens is 3. The Balaban J connectivity index is 1.49. The first-order valence-corrected chi connectivity index (χ1v) is 10.8. The second-order valence-electron chi connectivity index (χ2n) is 6.90. The highest BCUT2D eigenvalue weighted by molar-refractivity contribution is 7.99. The molecular formula is C23H16F3N5O2S. The van der Waals surface area contributed by atoms with E-state index < -0.39 is 29.3 Å². The van der Waals surface area contributed by atoms with E-state index in [0.29, 0.717) is 22.2 Å². The summed E-state index contributed by atoms with van der Waals surface area (Å²) < 4.78 is 42.1. The van der Waals surface area contributed by atoms with Gasteiger partial charge in [-0.2, -0.15) is 0 Å². The molecule has 1 heterocycles. The average Bonchev–Trinajstić information content (AvgIpc) is 3.26. The highest BCUT2D eigenvalue weighted by Crippen LogP contribution is 2.28. The van der Waals surface area contributed by atoms with Crippen LogP contribution in [0.15, 0.2) is 78.0 Å². The van der Waals surface area contributed by atoms with Gasteiger partial charge in [-0.05, 0) is 60.7 Å². The standard InChI is InChI=1S/C23H16F3N5O2S/c24-15-7-5-14(6-8-15)21-28-30-23(31(21)17-11-9-16(25)10-12-17)34-13-20(32)27-29-22(33)18-3-1-2-4-19(18)26/h1-12H,13H2,(H,27,32)(H,29,33). The number of aromatic nitrogens is 3. The average molecular weight is 483 g/mol. The second-order valence-corrected chi connectivity index (χ2v) is 7.84. The summed E-state index contributed by atoms with van der Waals surface area (Å²) >= 11 is 1.01. The van der Waals surface area contributed by atoms with Gasteiger partial charge in [0.05, 0.1) is 11.3 Å². The summed E-state index contributed by atoms with van der Waals surface area (Å²) in [4.78, 5) is 24.3. The van der Waals surface area contributed by atoms with Gasteiger partial charge >= 0.3 is 0 Å². The molecule has 11 heteroatoms. The van der Waals surface area contributed by atoms with E-state index in [-0.39, 0.29) is 11.3 Å². The predicted octanol–water partition coefficient (Wildman–Crippen LogP) is 3.90. The number of carbonyl (C=O) groups excluding carboxylic acids is 2. The Bertz CT molecular complexity index is 1330. The lowest BCUT2D eigenvalue weighted by Gasteiger charge is -2.11. The summed E-state index contributed by atoms with van der Waals surface area (Å²) in [6.45, 7) is 0. The van der Waals surface area contributed by atoms with Crippen LogP contribution in [0.25, 0.3) is 17.1 Å². The van der Waals surface area contributed by atoms with Crippen molar-refractivity contribution in [3.8, 4) is 17.1 Å². The van der Waals surface area contributed by atoms with Crippen LogP contribution in [0.2, 0.25) is 0 Å². The number of nitrogens with one attached hydrogen (secondary N) is 2. The Morgan fingerprint density at radius 1 is 0.824 bits per heavy atom. The molecule has 0 atom stereocenters. The van der Waals surface area contributed by atoms with E-state index in [1.165, 1.54) is 66.7 Å². The molecule has 4 aromatic rings. The monoisotopic (exact) mass is 483 g/mol. The van der Waals surface area contributed by atoms with Crippen molar-refractivity contribution in [3.05, 3.63) is 95.8 Å². The first-order chi connectivity index (χ1) is 16.4. The molecule has 2 N–H and O–H groups in total. The van der Waals surface area contributed by atoms with Crippen LogP contribution in [-0.2, 0) is 4.79 Å². The number of nitrogens with zero attached hydrogens (tertiary/aromatic N) is 3. The molecule has 0 bridgehead atoms. The van der Waals surface area contributed by atoms with Gasteiger partial charge in [0.25, 0.3) is 5.91 Å². The maximum absolute atomic E-state index is 13.7. The number of rotatable bonds is 6. The van der Waals surface area contributed by atoms with Gasteiger partial charge < -0.3 is 0 Å². The number of hydrogen-bond acceptors (Lipinski definition) is 5. The van der Waals surface area contributed by atoms with E-state index in [2.05, 4.69) is 21.0 Å². The SMILES string of the molecule is O=C(CSc1nnc(-c2ccc(F)cc2)n1-c1ccc(F)cc1)NNC(=O)c1ccccc1F. The summed E-state index contributed by atoms with van der Waals surface area (Å²) in [6.07, 6.45) is 0. The lowest BCUT2D eigenvalue weighted by molar-refractivity contribution is -0.119. The van der Waals surface area contributed by atoms with Crippen molar-refractivity contribution in [2.24, 2.45) is 0 Å². The molecule has 0 aliphatic rings. The second kappa shape index (κ2) is 10.2. The largest absolute Gasteiger partial charge is 0.272 e. The minimum absolute atomic E-state index is 0.166. The molecule has 0 spiro atoms. The van der Waals surface area contributed by atoms with E-state index in [1.54, 1.807) is 4.57 Å². The van der Waals surface area contributed by atoms with Crippen molar-refractivity contribution in [3.63, 3.8) is 0 Å². The van der Waals surface area contributed by atoms with E-state index in [9.17, 15) is 22.8 Å². The summed E-state index contributed by atoms with van der Waals surface area (Å²) in [5.41, 5.74) is 5.25. The Hall–Kier alpha value is -4.12. The quantitative estimate of drug-likeness (QED) is 0.321. The van der Waals surface area contributed by atoms with Crippen molar-refractivity contribution in [1.82, 2.24) is 25.6 Å². The van der Waals surface area contributed by atoms with Gasteiger partial charge in [0.2, 0.25) is 5.91 Å². The van der Waals surface area contributed by atoms with Gasteiger partial charge in [0.15, 0.2) is 11.0 Å². The van der Waals surface area contributed by atoms with Crippen LogP contribution in [0.3, 0.4) is 0 Å². The zero-order valence-electron chi connectivity index (χ0n) is 17.3. The van der Waals surface area contributed by atoms with E-state index >= 15 is 0 Å². The maximum atomic E-state index is 13.7. The summed E-state index contributed by atoms with van der Waals surface area (Å²) in [5.74, 6) is -2.75. The summed E-state index contributed by atoms with van der Waals surface area (Å²) in [7, 11) is 0. The summed E-state index contributed by atoms with van der Waals surface area (Å²) in [6, 6.07) is 16.5. The topological polar surface area (TPSA) is 88.9 Å². The molecule has 0 fully saturated rings. The molecule has 3 aromatic carbocycles. The lowest BCUT2D eigenvalue weighted by atomic mass is 10.2. The van der Waals surface area contributed by atoms with Crippen LogP contribution in [0, 0.1) is 17.5 Å². The molecule has 7 nitrogen and oxygen atoms in total. The van der Waals surface area contributed by atoms with Crippen LogP contribution in [0.4, 0.5) is 13.2 Å². The Labute approximate surface area is 196 Å². The van der Waals surface area contributed by atoms with Gasteiger partial charge in [-0.25, -0.2) is 13.2 Å². The molecule has 0 aliphatic heterocycles. The van der Waals surface area contributed by atoms with Crippen LogP contribution >= 0.6 is 11.8 Å². The molecule has 4 rings (SSSR count). The number of amides is 2. The summed E-state index contributed by atoms with van der Waals surface area (Å²) in [5, 5.41) is 8.57. The zero-order chi connectivity index (χ0) is 24.1. The normalized spacial score (nSPS) is 10.7. The first-order valence-electron chi connectivity index (χ1n) is 9.86. The fraction of sp³-hybridized carbons (Fsp3) is 0.0435. The van der Waals surface area contributed by atoms with Crippen molar-refractivity contribution >= 4 is 23.6 Å². The van der Waals surface area contributed by atoms with Crippen molar-refractivity contribution < 1.29 is 22.8 Å². The maximum Gasteiger partial charge on any atom is 0.272 e. The van der Waals surface area contributed by atoms with Crippen molar-refractivity contribution in [2.75, 3.05) is 5.75 Å². The number of thioether (sulfide) groups is 1. The zero-order valence-corrected chi connectivity index (χ0v) is 18.2. The molecule has 2 amide bonds. The molecule has 0 unspecified atom stereocenters. The Morgan fingerprint density at radius 3 is 2.15 bits per heavy atom. The molecule has 0 saturated carbocycles. The van der Waals surface area contributed by atoms with Crippen molar-refractivity contribution in [2.45, 2.75) is 5.16 Å². The Morgan fingerprint density at radius 2 is 1.47 bits per heavy atom. The van der Waals surface area contributed by atoms with E-state index in [1.807, 2.05) is 0 Å². The third-order valence-corrected chi connectivity index (χ3v) is 5.52. The highest BCUT2D eigenvalue weighted by atomic mass is 32.2. The fourth-order valence-electron chi connectivity index (χ4n) is 2.98. The number of hydrogen-bond donors (Lipinski definition) is 2. The predicted molar refractivity (Wildman–Crippen MR) is 119 cm³/mol. The third-order valence-electron chi connectivity index (χ3n) is 4.59. The minimum Gasteiger partial charge on any atom is -0.272 e. The van der Waals surface area contributed by atoms with Gasteiger partial charge in [0.1, 0.15) is 17.5 Å². The number of hydrazine groups is 1. The molecule has 34 heavy (non-hydrogen) atoms. The molecule has 1 aromatic heterocycles. The van der Waals surface area contributed by atoms with Crippen LogP contribution in [0.1, 0.15) is 10.4 Å². The smallest absolute Gasteiger partial charge is 0.272 e. The number of carbonyl (C=O) groups is 2.